The van der Waals surface area contributed by atoms with Crippen LogP contribution >= 0.6 is 11.6 Å². The molecule has 6 heteroatoms. The van der Waals surface area contributed by atoms with Crippen LogP contribution in [0.3, 0.4) is 0 Å². The van der Waals surface area contributed by atoms with Gasteiger partial charge in [0.2, 0.25) is 0 Å². The van der Waals surface area contributed by atoms with E-state index in [9.17, 15) is 5.11 Å². The number of aliphatic hydroxyl groups is 1. The van der Waals surface area contributed by atoms with E-state index in [-0.39, 0.29) is 5.41 Å². The van der Waals surface area contributed by atoms with Gasteiger partial charge in [0.15, 0.2) is 0 Å². The monoisotopic (exact) mass is 402 g/mol. The van der Waals surface area contributed by atoms with E-state index in [1.807, 2.05) is 12.1 Å². The molecule has 1 aliphatic heterocycles. The van der Waals surface area contributed by atoms with Gasteiger partial charge in [0, 0.05) is 35.6 Å². The molecule has 2 aliphatic rings. The number of fused-ring (bicyclic) bond motifs is 1. The number of halogens is 1. The third-order valence-corrected chi connectivity index (χ3v) is 6.98. The molecule has 2 aromatic rings. The Hall–Kier alpha value is -1.72. The van der Waals surface area contributed by atoms with Gasteiger partial charge in [-0.3, -0.25) is 5.10 Å². The van der Waals surface area contributed by atoms with Gasteiger partial charge in [-0.15, -0.1) is 0 Å². The Morgan fingerprint density at radius 2 is 2.07 bits per heavy atom. The molecular weight excluding hydrogens is 372 g/mol. The van der Waals surface area contributed by atoms with Gasteiger partial charge in [-0.1, -0.05) is 32.0 Å². The summed E-state index contributed by atoms with van der Waals surface area (Å²) in [5.41, 5.74) is 1.44. The molecule has 3 N–H and O–H groups in total. The average molecular weight is 403 g/mol. The maximum absolute atomic E-state index is 11.3. The van der Waals surface area contributed by atoms with Crippen LogP contribution in [-0.4, -0.2) is 39.8 Å². The second kappa shape index (κ2) is 7.60. The van der Waals surface area contributed by atoms with Gasteiger partial charge >= 0.3 is 0 Å². The maximum atomic E-state index is 11.3. The normalized spacial score (nSPS) is 19.8. The Labute approximate surface area is 172 Å². The van der Waals surface area contributed by atoms with E-state index in [1.165, 1.54) is 12.8 Å². The van der Waals surface area contributed by atoms with Crippen LogP contribution in [0.1, 0.15) is 51.2 Å². The van der Waals surface area contributed by atoms with Crippen molar-refractivity contribution in [2.24, 2.45) is 17.3 Å². The number of nitrogens with zero attached hydrogens (tertiary/aromatic N) is 2. The second-order valence-electron chi connectivity index (χ2n) is 9.09. The number of H-pyrrole nitrogens is 1. The van der Waals surface area contributed by atoms with E-state index in [2.05, 4.69) is 40.8 Å². The summed E-state index contributed by atoms with van der Waals surface area (Å²) in [6.07, 6.45) is 5.93. The fourth-order valence-corrected chi connectivity index (χ4v) is 4.71. The molecule has 1 saturated heterocycles. The van der Waals surface area contributed by atoms with E-state index in [0.717, 1.165) is 60.7 Å². The molecule has 2 heterocycles. The first-order valence-corrected chi connectivity index (χ1v) is 10.7. The number of nitrogens with one attached hydrogen (secondary N) is 2. The summed E-state index contributed by atoms with van der Waals surface area (Å²) in [5, 5.41) is 23.5. The lowest BCUT2D eigenvalue weighted by atomic mass is 9.68. The van der Waals surface area contributed by atoms with Crippen LogP contribution in [0.15, 0.2) is 30.7 Å². The fourth-order valence-electron chi connectivity index (χ4n) is 4.48. The molecule has 1 saturated carbocycles. The summed E-state index contributed by atoms with van der Waals surface area (Å²) in [7, 11) is 0. The number of piperidine rings is 1. The van der Waals surface area contributed by atoms with Gasteiger partial charge < -0.3 is 15.3 Å². The predicted octanol–water partition coefficient (Wildman–Crippen LogP) is 4.46. The zero-order valence-corrected chi connectivity index (χ0v) is 17.6. The minimum Gasteiger partial charge on any atom is -0.388 e. The maximum Gasteiger partial charge on any atom is 0.0938 e. The molecular formula is C22H31ClN4O. The van der Waals surface area contributed by atoms with Crippen LogP contribution in [0.2, 0.25) is 5.02 Å². The number of aromatic amines is 1. The number of rotatable bonds is 7. The standard InChI is InChI=1S/C22H31ClN4O/c1-14(24-12-15-4-5-15)27-8-6-17(7-9-27)22(2,3)21(28)19-11-18(23)10-16-13-25-26-20(16)19/h10-11,13,15,17,21,24,28H,1,4-9,12H2,2-3H3,(H,25,26). The lowest BCUT2D eigenvalue weighted by Crippen LogP contribution is -2.43. The van der Waals surface area contributed by atoms with Crippen molar-refractivity contribution >= 4 is 22.5 Å². The molecule has 1 atom stereocenters. The SMILES string of the molecule is C=C(NCC1CC1)N1CCC(C(C)(C)C(O)c2cc(Cl)cc3cn[nH]c23)CC1. The summed E-state index contributed by atoms with van der Waals surface area (Å²) in [6, 6.07) is 3.75. The minimum absolute atomic E-state index is 0.266. The third-order valence-electron chi connectivity index (χ3n) is 6.76. The zero-order chi connectivity index (χ0) is 19.9. The van der Waals surface area contributed by atoms with E-state index in [1.54, 1.807) is 6.20 Å². The Morgan fingerprint density at radius 1 is 1.36 bits per heavy atom. The van der Waals surface area contributed by atoms with E-state index in [0.29, 0.717) is 10.9 Å². The van der Waals surface area contributed by atoms with E-state index >= 15 is 0 Å². The minimum atomic E-state index is -0.609. The smallest absolute Gasteiger partial charge is 0.0938 e. The lowest BCUT2D eigenvalue weighted by Gasteiger charge is -2.44. The molecule has 2 fully saturated rings. The molecule has 1 aromatic heterocycles. The van der Waals surface area contributed by atoms with Gasteiger partial charge in [0.25, 0.3) is 0 Å². The molecule has 5 nitrogen and oxygen atoms in total. The molecule has 0 amide bonds. The lowest BCUT2D eigenvalue weighted by molar-refractivity contribution is -0.0156. The molecule has 0 spiro atoms. The first-order valence-electron chi connectivity index (χ1n) is 10.3. The predicted molar refractivity (Wildman–Crippen MR) is 114 cm³/mol. The summed E-state index contributed by atoms with van der Waals surface area (Å²) in [4.78, 5) is 2.35. The number of aromatic nitrogens is 2. The number of hydrogen-bond acceptors (Lipinski definition) is 4. The van der Waals surface area contributed by atoms with Crippen molar-refractivity contribution in [2.75, 3.05) is 19.6 Å². The quantitative estimate of drug-likeness (QED) is 0.639. The topological polar surface area (TPSA) is 64.2 Å². The summed E-state index contributed by atoms with van der Waals surface area (Å²) < 4.78 is 0. The largest absolute Gasteiger partial charge is 0.388 e. The Kier molecular flexibility index (Phi) is 5.32. The van der Waals surface area contributed by atoms with Crippen LogP contribution in [-0.2, 0) is 0 Å². The zero-order valence-electron chi connectivity index (χ0n) is 16.8. The Bertz CT molecular complexity index is 849. The Balaban J connectivity index is 1.43. The molecule has 1 aliphatic carbocycles. The average Bonchev–Trinajstić information content (AvgIpc) is 3.40. The Morgan fingerprint density at radius 3 is 2.75 bits per heavy atom. The molecule has 0 bridgehead atoms. The number of hydrogen-bond donors (Lipinski definition) is 3. The first kappa shape index (κ1) is 19.6. The van der Waals surface area contributed by atoms with Crippen molar-refractivity contribution in [3.63, 3.8) is 0 Å². The van der Waals surface area contributed by atoms with E-state index < -0.39 is 6.10 Å². The second-order valence-corrected chi connectivity index (χ2v) is 9.52. The molecule has 152 valence electrons. The van der Waals surface area contributed by atoms with Crippen LogP contribution in [0.5, 0.6) is 0 Å². The van der Waals surface area contributed by atoms with Crippen molar-refractivity contribution in [1.29, 1.82) is 0 Å². The number of aliphatic hydroxyl groups excluding tert-OH is 1. The fraction of sp³-hybridized carbons (Fsp3) is 0.591. The molecule has 1 unspecified atom stereocenters. The summed E-state index contributed by atoms with van der Waals surface area (Å²) in [5.74, 6) is 2.32. The van der Waals surface area contributed by atoms with Crippen LogP contribution in [0.25, 0.3) is 10.9 Å². The van der Waals surface area contributed by atoms with Crippen molar-refractivity contribution in [1.82, 2.24) is 20.4 Å². The van der Waals surface area contributed by atoms with Crippen LogP contribution in [0.4, 0.5) is 0 Å². The van der Waals surface area contributed by atoms with Gasteiger partial charge in [0.1, 0.15) is 0 Å². The first-order chi connectivity index (χ1) is 13.4. The molecule has 0 radical (unpaired) electrons. The molecule has 28 heavy (non-hydrogen) atoms. The van der Waals surface area contributed by atoms with Crippen molar-refractivity contribution < 1.29 is 5.11 Å². The van der Waals surface area contributed by atoms with Gasteiger partial charge in [-0.05, 0) is 55.1 Å². The van der Waals surface area contributed by atoms with Gasteiger partial charge in [0.05, 0.1) is 23.6 Å². The molecule has 4 rings (SSSR count). The summed E-state index contributed by atoms with van der Waals surface area (Å²) in [6.45, 7) is 11.6. The van der Waals surface area contributed by atoms with Crippen molar-refractivity contribution in [3.8, 4) is 0 Å². The highest BCUT2D eigenvalue weighted by Crippen LogP contribution is 2.46. The van der Waals surface area contributed by atoms with E-state index in [4.69, 9.17) is 11.6 Å². The van der Waals surface area contributed by atoms with Gasteiger partial charge in [-0.2, -0.15) is 5.10 Å². The number of likely N-dealkylation sites (tertiary alicyclic amines) is 1. The highest BCUT2D eigenvalue weighted by molar-refractivity contribution is 6.31. The van der Waals surface area contributed by atoms with Crippen molar-refractivity contribution in [3.05, 3.63) is 41.3 Å². The van der Waals surface area contributed by atoms with Gasteiger partial charge in [-0.25, -0.2) is 0 Å². The van der Waals surface area contributed by atoms with Crippen LogP contribution in [0, 0.1) is 17.3 Å². The highest BCUT2D eigenvalue weighted by Gasteiger charge is 2.40. The van der Waals surface area contributed by atoms with Crippen molar-refractivity contribution in [2.45, 2.75) is 45.6 Å². The highest BCUT2D eigenvalue weighted by atomic mass is 35.5. The van der Waals surface area contributed by atoms with Crippen LogP contribution < -0.4 is 5.32 Å². The molecule has 1 aromatic carbocycles. The summed E-state index contributed by atoms with van der Waals surface area (Å²) >= 11 is 6.29. The number of benzene rings is 1. The third kappa shape index (κ3) is 3.87.